The molecule has 1 N–H and O–H groups in total. The first kappa shape index (κ1) is 8.29. The molecule has 3 nitrogen and oxygen atoms in total. The number of H-pyrrole nitrogens is 1. The van der Waals surface area contributed by atoms with Crippen LogP contribution >= 0.6 is 0 Å². The van der Waals surface area contributed by atoms with Crippen molar-refractivity contribution in [3.63, 3.8) is 0 Å². The molecule has 0 bridgehead atoms. The second kappa shape index (κ2) is 2.98. The van der Waals surface area contributed by atoms with Crippen LogP contribution in [0.5, 0.6) is 0 Å². The number of rotatable bonds is 1. The second-order valence-electron chi connectivity index (χ2n) is 3.58. The van der Waals surface area contributed by atoms with Crippen molar-refractivity contribution >= 4 is 11.0 Å². The highest BCUT2D eigenvalue weighted by molar-refractivity contribution is 5.92. The molecule has 0 saturated carbocycles. The molecule has 2 aromatic heterocycles. The minimum atomic E-state index is 0.896. The lowest BCUT2D eigenvalue weighted by atomic mass is 10.1. The predicted molar refractivity (Wildman–Crippen MR) is 58.5 cm³/mol. The summed E-state index contributed by atoms with van der Waals surface area (Å²) < 4.78 is 5.46. The fraction of sp³-hybridized carbons (Fsp3) is 0.0833. The SMILES string of the molecule is Cc1cc(-c2coc3ccccc23)n[nH]1. The standard InChI is InChI=1S/C12H10N2O/c1-8-6-11(14-13-8)10-7-15-12-5-3-2-4-9(10)12/h2-7H,1H3,(H,13,14). The number of para-hydroxylation sites is 1. The summed E-state index contributed by atoms with van der Waals surface area (Å²) in [5.41, 5.74) is 3.91. The normalized spacial score (nSPS) is 11.0. The predicted octanol–water partition coefficient (Wildman–Crippen LogP) is 3.13. The number of aromatic nitrogens is 2. The van der Waals surface area contributed by atoms with Crippen molar-refractivity contribution in [2.45, 2.75) is 6.92 Å². The van der Waals surface area contributed by atoms with Gasteiger partial charge >= 0.3 is 0 Å². The van der Waals surface area contributed by atoms with Crippen molar-refractivity contribution in [2.24, 2.45) is 0 Å². The first-order valence-electron chi connectivity index (χ1n) is 4.83. The Morgan fingerprint density at radius 3 is 2.93 bits per heavy atom. The second-order valence-corrected chi connectivity index (χ2v) is 3.58. The number of benzene rings is 1. The quantitative estimate of drug-likeness (QED) is 0.652. The van der Waals surface area contributed by atoms with E-state index in [2.05, 4.69) is 10.2 Å². The molecule has 3 rings (SSSR count). The maximum atomic E-state index is 5.46. The molecule has 74 valence electrons. The van der Waals surface area contributed by atoms with Crippen LogP contribution in [0.4, 0.5) is 0 Å². The van der Waals surface area contributed by atoms with Gasteiger partial charge in [0.05, 0.1) is 5.69 Å². The maximum Gasteiger partial charge on any atom is 0.134 e. The summed E-state index contributed by atoms with van der Waals surface area (Å²) in [5, 5.41) is 8.25. The Hall–Kier alpha value is -2.03. The van der Waals surface area contributed by atoms with Gasteiger partial charge in [-0.05, 0) is 19.1 Å². The van der Waals surface area contributed by atoms with Crippen LogP contribution in [0.2, 0.25) is 0 Å². The highest BCUT2D eigenvalue weighted by atomic mass is 16.3. The van der Waals surface area contributed by atoms with Crippen LogP contribution in [0.15, 0.2) is 41.0 Å². The van der Waals surface area contributed by atoms with Crippen molar-refractivity contribution < 1.29 is 4.42 Å². The number of furan rings is 1. The van der Waals surface area contributed by atoms with Crippen LogP contribution in [0.25, 0.3) is 22.2 Å². The van der Waals surface area contributed by atoms with E-state index in [-0.39, 0.29) is 0 Å². The molecule has 0 atom stereocenters. The monoisotopic (exact) mass is 198 g/mol. The molecule has 3 heteroatoms. The van der Waals surface area contributed by atoms with Gasteiger partial charge in [-0.25, -0.2) is 0 Å². The third-order valence-electron chi connectivity index (χ3n) is 2.46. The first-order valence-corrected chi connectivity index (χ1v) is 4.83. The molecule has 0 aliphatic carbocycles. The number of aromatic amines is 1. The summed E-state index contributed by atoms with van der Waals surface area (Å²) in [6, 6.07) is 9.97. The van der Waals surface area contributed by atoms with Gasteiger partial charge in [-0.2, -0.15) is 5.10 Å². The molecule has 0 aliphatic rings. The number of hydrogen-bond donors (Lipinski definition) is 1. The highest BCUT2D eigenvalue weighted by Gasteiger charge is 2.09. The summed E-state index contributed by atoms with van der Waals surface area (Å²) in [4.78, 5) is 0. The average molecular weight is 198 g/mol. The molecule has 1 aromatic carbocycles. The molecule has 3 aromatic rings. The number of hydrogen-bond acceptors (Lipinski definition) is 2. The summed E-state index contributed by atoms with van der Waals surface area (Å²) in [6.07, 6.45) is 1.75. The number of aryl methyl sites for hydroxylation is 1. The zero-order valence-electron chi connectivity index (χ0n) is 8.32. The largest absolute Gasteiger partial charge is 0.464 e. The molecule has 0 amide bonds. The van der Waals surface area contributed by atoms with E-state index in [0.29, 0.717) is 0 Å². The molecule has 0 spiro atoms. The molecule has 0 fully saturated rings. The lowest BCUT2D eigenvalue weighted by molar-refractivity contribution is 0.617. The minimum absolute atomic E-state index is 0.896. The average Bonchev–Trinajstić information content (AvgIpc) is 2.83. The molecule has 0 aliphatic heterocycles. The molecule has 0 saturated heterocycles. The van der Waals surface area contributed by atoms with Crippen molar-refractivity contribution in [1.82, 2.24) is 10.2 Å². The third-order valence-corrected chi connectivity index (χ3v) is 2.46. The van der Waals surface area contributed by atoms with E-state index in [0.717, 1.165) is 27.9 Å². The fourth-order valence-electron chi connectivity index (χ4n) is 1.73. The van der Waals surface area contributed by atoms with E-state index in [1.54, 1.807) is 6.26 Å². The summed E-state index contributed by atoms with van der Waals surface area (Å²) in [6.45, 7) is 1.98. The minimum Gasteiger partial charge on any atom is -0.464 e. The van der Waals surface area contributed by atoms with Crippen LogP contribution in [0, 0.1) is 6.92 Å². The van der Waals surface area contributed by atoms with E-state index in [1.165, 1.54) is 0 Å². The van der Waals surface area contributed by atoms with Crippen molar-refractivity contribution in [1.29, 1.82) is 0 Å². The smallest absolute Gasteiger partial charge is 0.134 e. The lowest BCUT2D eigenvalue weighted by Gasteiger charge is -1.90. The van der Waals surface area contributed by atoms with Crippen LogP contribution in [0.1, 0.15) is 5.69 Å². The lowest BCUT2D eigenvalue weighted by Crippen LogP contribution is -1.74. The van der Waals surface area contributed by atoms with Crippen LogP contribution < -0.4 is 0 Å². The molecule has 2 heterocycles. The van der Waals surface area contributed by atoms with E-state index < -0.39 is 0 Å². The van der Waals surface area contributed by atoms with Gasteiger partial charge in [0.1, 0.15) is 11.8 Å². The van der Waals surface area contributed by atoms with Gasteiger partial charge in [0, 0.05) is 16.6 Å². The van der Waals surface area contributed by atoms with Crippen LogP contribution in [0.3, 0.4) is 0 Å². The van der Waals surface area contributed by atoms with Crippen molar-refractivity contribution in [3.8, 4) is 11.3 Å². The van der Waals surface area contributed by atoms with Crippen LogP contribution in [-0.2, 0) is 0 Å². The number of nitrogens with one attached hydrogen (secondary N) is 1. The zero-order chi connectivity index (χ0) is 10.3. The fourth-order valence-corrected chi connectivity index (χ4v) is 1.73. The van der Waals surface area contributed by atoms with E-state index >= 15 is 0 Å². The van der Waals surface area contributed by atoms with Crippen molar-refractivity contribution in [3.05, 3.63) is 42.3 Å². The summed E-state index contributed by atoms with van der Waals surface area (Å²) >= 11 is 0. The Kier molecular flexibility index (Phi) is 1.65. The topological polar surface area (TPSA) is 41.8 Å². The Bertz CT molecular complexity index is 607. The Labute approximate surface area is 86.7 Å². The Balaban J connectivity index is 2.27. The van der Waals surface area contributed by atoms with Crippen molar-refractivity contribution in [2.75, 3.05) is 0 Å². The van der Waals surface area contributed by atoms with Gasteiger partial charge in [0.2, 0.25) is 0 Å². The summed E-state index contributed by atoms with van der Waals surface area (Å²) in [7, 11) is 0. The van der Waals surface area contributed by atoms with Gasteiger partial charge in [0.15, 0.2) is 0 Å². The van der Waals surface area contributed by atoms with Gasteiger partial charge in [-0.3, -0.25) is 5.10 Å². The number of nitrogens with zero attached hydrogens (tertiary/aromatic N) is 1. The molecular weight excluding hydrogens is 188 g/mol. The Morgan fingerprint density at radius 2 is 2.13 bits per heavy atom. The maximum absolute atomic E-state index is 5.46. The first-order chi connectivity index (χ1) is 7.34. The molecule has 0 unspecified atom stereocenters. The summed E-state index contributed by atoms with van der Waals surface area (Å²) in [5.74, 6) is 0. The van der Waals surface area contributed by atoms with Gasteiger partial charge in [-0.1, -0.05) is 18.2 Å². The number of fused-ring (bicyclic) bond motifs is 1. The van der Waals surface area contributed by atoms with Crippen LogP contribution in [-0.4, -0.2) is 10.2 Å². The van der Waals surface area contributed by atoms with Gasteiger partial charge in [0.25, 0.3) is 0 Å². The zero-order valence-corrected chi connectivity index (χ0v) is 8.32. The highest BCUT2D eigenvalue weighted by Crippen LogP contribution is 2.29. The molecule has 0 radical (unpaired) electrons. The molecule has 15 heavy (non-hydrogen) atoms. The molecular formula is C12H10N2O. The van der Waals surface area contributed by atoms with Gasteiger partial charge < -0.3 is 4.42 Å². The third kappa shape index (κ3) is 1.24. The van der Waals surface area contributed by atoms with Gasteiger partial charge in [-0.15, -0.1) is 0 Å². The van der Waals surface area contributed by atoms with E-state index in [4.69, 9.17) is 4.42 Å². The van der Waals surface area contributed by atoms with E-state index in [9.17, 15) is 0 Å². The Morgan fingerprint density at radius 1 is 1.27 bits per heavy atom. The van der Waals surface area contributed by atoms with E-state index in [1.807, 2.05) is 37.3 Å².